The highest BCUT2D eigenvalue weighted by Gasteiger charge is 2.20. The van der Waals surface area contributed by atoms with Gasteiger partial charge >= 0.3 is 0 Å². The number of methoxy groups -OCH3 is 1. The molecule has 0 aliphatic heterocycles. The van der Waals surface area contributed by atoms with Crippen LogP contribution >= 0.6 is 18.5 Å². The van der Waals surface area contributed by atoms with Crippen LogP contribution in [-0.4, -0.2) is 48.6 Å². The predicted octanol–water partition coefficient (Wildman–Crippen LogP) is 4.26. The Morgan fingerprint density at radius 2 is 1.93 bits per heavy atom. The van der Waals surface area contributed by atoms with E-state index in [0.29, 0.717) is 35.6 Å². The topological polar surface area (TPSA) is 86.2 Å². The van der Waals surface area contributed by atoms with Crippen molar-refractivity contribution in [3.63, 3.8) is 0 Å². The highest BCUT2D eigenvalue weighted by molar-refractivity contribution is 7.70. The first kappa shape index (κ1) is 19.8. The zero-order chi connectivity index (χ0) is 20.4. The van der Waals surface area contributed by atoms with Crippen LogP contribution in [0.5, 0.6) is 5.75 Å². The summed E-state index contributed by atoms with van der Waals surface area (Å²) in [5.74, 6) is 1.21. The molecule has 0 atom stereocenters. The number of aromatic nitrogens is 3. The number of nitrogens with one attached hydrogen (secondary N) is 1. The van der Waals surface area contributed by atoms with Crippen molar-refractivity contribution >= 4 is 56.4 Å². The molecule has 0 saturated heterocycles. The van der Waals surface area contributed by atoms with Gasteiger partial charge in [-0.1, -0.05) is 0 Å². The van der Waals surface area contributed by atoms with E-state index in [9.17, 15) is 4.57 Å². The standard InChI is InChI=1S/C20H21N4O3PS/c1-26-6-7-27-17-10-15-14(9-18(17)28(2,3)25)20(22-11-21-15)24-13-4-5-19-16(8-13)23-12-29-19/h4-5,8-12H,6-7H2,1-3H3,(H,21,22,24). The van der Waals surface area contributed by atoms with Crippen LogP contribution in [0, 0.1) is 0 Å². The summed E-state index contributed by atoms with van der Waals surface area (Å²) in [6.07, 6.45) is 1.50. The average Bonchev–Trinajstić information content (AvgIpc) is 3.15. The first-order valence-electron chi connectivity index (χ1n) is 9.02. The van der Waals surface area contributed by atoms with Crippen LogP contribution in [0.3, 0.4) is 0 Å². The lowest BCUT2D eigenvalue weighted by Gasteiger charge is -2.17. The number of thiazole rings is 1. The van der Waals surface area contributed by atoms with Crippen LogP contribution in [0.25, 0.3) is 21.1 Å². The zero-order valence-corrected chi connectivity index (χ0v) is 18.1. The van der Waals surface area contributed by atoms with Gasteiger partial charge in [0.15, 0.2) is 0 Å². The number of benzene rings is 2. The van der Waals surface area contributed by atoms with Crippen LogP contribution in [0.2, 0.25) is 0 Å². The van der Waals surface area contributed by atoms with E-state index >= 15 is 0 Å². The van der Waals surface area contributed by atoms with Crippen molar-refractivity contribution in [1.29, 1.82) is 0 Å². The molecule has 2 aromatic carbocycles. The fourth-order valence-corrected chi connectivity index (χ4v) is 4.77. The van der Waals surface area contributed by atoms with E-state index in [1.165, 1.54) is 6.33 Å². The highest BCUT2D eigenvalue weighted by Crippen LogP contribution is 2.41. The molecular formula is C20H21N4O3PS. The lowest BCUT2D eigenvalue weighted by molar-refractivity contribution is 0.147. The molecule has 0 aliphatic carbocycles. The van der Waals surface area contributed by atoms with E-state index in [4.69, 9.17) is 9.47 Å². The molecule has 9 heteroatoms. The maximum absolute atomic E-state index is 12.9. The number of fused-ring (bicyclic) bond motifs is 2. The minimum Gasteiger partial charge on any atom is -0.490 e. The summed E-state index contributed by atoms with van der Waals surface area (Å²) in [5.41, 5.74) is 4.34. The second-order valence-electron chi connectivity index (χ2n) is 6.91. The van der Waals surface area contributed by atoms with Crippen molar-refractivity contribution in [2.75, 3.05) is 39.0 Å². The van der Waals surface area contributed by atoms with Crippen molar-refractivity contribution in [1.82, 2.24) is 15.0 Å². The zero-order valence-electron chi connectivity index (χ0n) is 16.4. The van der Waals surface area contributed by atoms with Crippen molar-refractivity contribution in [3.05, 3.63) is 42.2 Å². The molecule has 0 spiro atoms. The Balaban J connectivity index is 1.77. The summed E-state index contributed by atoms with van der Waals surface area (Å²) in [6, 6.07) is 9.67. The SMILES string of the molecule is COCCOc1cc2ncnc(Nc3ccc4scnc4c3)c2cc1P(C)(C)=O. The molecule has 0 aliphatic rings. The van der Waals surface area contributed by atoms with Crippen LogP contribution in [0.1, 0.15) is 0 Å². The number of nitrogens with zero attached hydrogens (tertiary/aromatic N) is 3. The Bertz CT molecular complexity index is 1220. The second-order valence-corrected chi connectivity index (χ2v) is 11.0. The summed E-state index contributed by atoms with van der Waals surface area (Å²) in [7, 11) is -0.979. The van der Waals surface area contributed by atoms with Crippen LogP contribution in [0.4, 0.5) is 11.5 Å². The molecule has 0 amide bonds. The molecule has 2 aromatic heterocycles. The molecule has 1 N–H and O–H groups in total. The van der Waals surface area contributed by atoms with Crippen LogP contribution < -0.4 is 15.4 Å². The van der Waals surface area contributed by atoms with Crippen molar-refractivity contribution in [2.24, 2.45) is 0 Å². The number of anilines is 2. The largest absolute Gasteiger partial charge is 0.490 e. The molecule has 0 unspecified atom stereocenters. The fraction of sp³-hybridized carbons (Fsp3) is 0.250. The number of ether oxygens (including phenoxy) is 2. The smallest absolute Gasteiger partial charge is 0.141 e. The van der Waals surface area contributed by atoms with Gasteiger partial charge in [0.05, 0.1) is 33.2 Å². The van der Waals surface area contributed by atoms with Gasteiger partial charge in [-0.05, 0) is 37.6 Å². The summed E-state index contributed by atoms with van der Waals surface area (Å²) >= 11 is 1.60. The Morgan fingerprint density at radius 1 is 1.07 bits per heavy atom. The molecular weight excluding hydrogens is 407 g/mol. The number of hydrogen-bond donors (Lipinski definition) is 1. The second kappa shape index (κ2) is 8.06. The third-order valence-electron chi connectivity index (χ3n) is 4.43. The van der Waals surface area contributed by atoms with Gasteiger partial charge in [0.25, 0.3) is 0 Å². The number of hydrogen-bond acceptors (Lipinski definition) is 8. The van der Waals surface area contributed by atoms with E-state index < -0.39 is 7.14 Å². The van der Waals surface area contributed by atoms with Gasteiger partial charge < -0.3 is 19.4 Å². The van der Waals surface area contributed by atoms with E-state index in [1.807, 2.05) is 35.8 Å². The molecule has 2 heterocycles. The first-order valence-corrected chi connectivity index (χ1v) is 12.5. The Hall–Kier alpha value is -2.54. The van der Waals surface area contributed by atoms with Gasteiger partial charge in [-0.25, -0.2) is 15.0 Å². The summed E-state index contributed by atoms with van der Waals surface area (Å²) < 4.78 is 24.9. The van der Waals surface area contributed by atoms with E-state index in [-0.39, 0.29) is 0 Å². The normalized spacial score (nSPS) is 11.8. The van der Waals surface area contributed by atoms with E-state index in [0.717, 1.165) is 21.3 Å². The molecule has 4 aromatic rings. The summed E-state index contributed by atoms with van der Waals surface area (Å²) in [6.45, 7) is 4.28. The van der Waals surface area contributed by atoms with Crippen molar-refractivity contribution in [3.8, 4) is 5.75 Å². The van der Waals surface area contributed by atoms with Gasteiger partial charge in [0.1, 0.15) is 31.6 Å². The molecule has 150 valence electrons. The molecule has 0 radical (unpaired) electrons. The molecule has 0 fully saturated rings. The molecule has 0 bridgehead atoms. The van der Waals surface area contributed by atoms with E-state index in [2.05, 4.69) is 20.3 Å². The third-order valence-corrected chi connectivity index (χ3v) is 6.75. The maximum Gasteiger partial charge on any atom is 0.141 e. The van der Waals surface area contributed by atoms with Gasteiger partial charge in [0, 0.05) is 24.2 Å². The van der Waals surface area contributed by atoms with Crippen molar-refractivity contribution < 1.29 is 14.0 Å². The highest BCUT2D eigenvalue weighted by atomic mass is 32.1. The molecule has 7 nitrogen and oxygen atoms in total. The fourth-order valence-electron chi connectivity index (χ4n) is 3.02. The third kappa shape index (κ3) is 4.24. The molecule has 0 saturated carbocycles. The van der Waals surface area contributed by atoms with Gasteiger partial charge in [-0.3, -0.25) is 0 Å². The van der Waals surface area contributed by atoms with Gasteiger partial charge in [0.2, 0.25) is 0 Å². The summed E-state index contributed by atoms with van der Waals surface area (Å²) in [4.78, 5) is 13.1. The maximum atomic E-state index is 12.9. The monoisotopic (exact) mass is 428 g/mol. The minimum atomic E-state index is -2.59. The average molecular weight is 428 g/mol. The minimum absolute atomic E-state index is 0.374. The lowest BCUT2D eigenvalue weighted by atomic mass is 10.2. The molecule has 29 heavy (non-hydrogen) atoms. The Morgan fingerprint density at radius 3 is 2.72 bits per heavy atom. The van der Waals surface area contributed by atoms with Gasteiger partial charge in [-0.2, -0.15) is 0 Å². The molecule has 4 rings (SSSR count). The lowest BCUT2D eigenvalue weighted by Crippen LogP contribution is -2.13. The van der Waals surface area contributed by atoms with Crippen LogP contribution in [0.15, 0.2) is 42.2 Å². The quantitative estimate of drug-likeness (QED) is 0.348. The van der Waals surface area contributed by atoms with Crippen molar-refractivity contribution in [2.45, 2.75) is 0 Å². The van der Waals surface area contributed by atoms with E-state index in [1.54, 1.807) is 31.8 Å². The number of rotatable bonds is 7. The predicted molar refractivity (Wildman–Crippen MR) is 119 cm³/mol. The first-order chi connectivity index (χ1) is 14.0. The Kier molecular flexibility index (Phi) is 5.50. The summed E-state index contributed by atoms with van der Waals surface area (Å²) in [5, 5.41) is 4.78. The Labute approximate surface area is 172 Å². The van der Waals surface area contributed by atoms with Crippen LogP contribution in [-0.2, 0) is 9.30 Å². The van der Waals surface area contributed by atoms with Gasteiger partial charge in [-0.15, -0.1) is 11.3 Å².